The van der Waals surface area contributed by atoms with Crippen molar-refractivity contribution in [2.45, 2.75) is 138 Å². The van der Waals surface area contributed by atoms with Crippen LogP contribution in [-0.4, -0.2) is 19.6 Å². The van der Waals surface area contributed by atoms with Crippen molar-refractivity contribution >= 4 is 11.0 Å². The molecule has 0 unspecified atom stereocenters. The van der Waals surface area contributed by atoms with E-state index < -0.39 is 42.0 Å². The molecule has 2 heterocycles. The third-order valence-electron chi connectivity index (χ3n) is 12.9. The first-order chi connectivity index (χ1) is 34.1. The predicted octanol–water partition coefficient (Wildman–Crippen LogP) is 17.1. The first-order valence-electron chi connectivity index (χ1n) is 26.9. The maximum absolute atomic E-state index is 12.7. The number of para-hydroxylation sites is 1. The number of nitrogens with zero attached hydrogens (tertiary/aromatic N) is 3. The van der Waals surface area contributed by atoms with Crippen molar-refractivity contribution in [3.05, 3.63) is 167 Å². The van der Waals surface area contributed by atoms with Crippen molar-refractivity contribution in [3.63, 3.8) is 0 Å². The van der Waals surface area contributed by atoms with E-state index in [2.05, 4.69) is 181 Å². The molecule has 0 aliphatic heterocycles. The molecule has 6 aromatic carbocycles. The van der Waals surface area contributed by atoms with Gasteiger partial charge in [-0.25, -0.2) is 4.98 Å². The van der Waals surface area contributed by atoms with Crippen molar-refractivity contribution in [3.8, 4) is 67.5 Å². The van der Waals surface area contributed by atoms with E-state index in [1.807, 2.05) is 18.2 Å². The van der Waals surface area contributed by atoms with E-state index >= 15 is 0 Å². The van der Waals surface area contributed by atoms with Crippen molar-refractivity contribution in [2.75, 3.05) is 0 Å². The number of fused-ring (bicyclic) bond motifs is 1. The zero-order chi connectivity index (χ0) is 54.6. The number of hydrogen-bond donors (Lipinski definition) is 1. The minimum Gasteiger partial charge on any atom is -0.507 e. The monoisotopic (exact) mass is 1090 g/mol. The van der Waals surface area contributed by atoms with E-state index in [4.69, 9.17) is 19.6 Å². The third kappa shape index (κ3) is 10.1. The summed E-state index contributed by atoms with van der Waals surface area (Å²) in [7, 11) is 0. The number of imidazole rings is 1. The fourth-order valence-corrected chi connectivity index (χ4v) is 8.61. The Balaban J connectivity index is 0.00000820. The Kier molecular flexibility index (Phi) is 11.0. The zero-order valence-electron chi connectivity index (χ0n) is 49.4. The number of phenolic OH excluding ortho intramolecular Hbond substituents is 1. The average Bonchev–Trinajstić information content (AvgIpc) is 3.68. The first kappa shape index (κ1) is 41.4. The fraction of sp³-hybridized carbons (Fsp3) is 0.333. The maximum Gasteiger partial charge on any atom is 0.148 e. The molecule has 0 fully saturated rings. The van der Waals surface area contributed by atoms with Crippen molar-refractivity contribution in [1.82, 2.24) is 14.5 Å². The van der Waals surface area contributed by atoms with Crippen LogP contribution >= 0.6 is 0 Å². The molecule has 4 nitrogen and oxygen atoms in total. The topological polar surface area (TPSA) is 50.9 Å². The average molecular weight is 1090 g/mol. The molecule has 0 radical (unpaired) electrons. The fourth-order valence-electron chi connectivity index (χ4n) is 8.61. The van der Waals surface area contributed by atoms with E-state index in [0.717, 1.165) is 50.1 Å². The summed E-state index contributed by atoms with van der Waals surface area (Å²) in [6.45, 7) is 29.9. The summed E-state index contributed by atoms with van der Waals surface area (Å²) in [5.41, 5.74) is 11.6. The van der Waals surface area contributed by atoms with E-state index in [-0.39, 0.29) is 54.0 Å². The van der Waals surface area contributed by atoms with E-state index in [1.54, 1.807) is 18.3 Å². The molecule has 8 aromatic rings. The number of rotatable bonds is 6. The van der Waals surface area contributed by atoms with Crippen LogP contribution in [-0.2, 0) is 48.1 Å². The van der Waals surface area contributed by atoms with Gasteiger partial charge in [-0.15, -0.1) is 29.3 Å². The largest absolute Gasteiger partial charge is 0.507 e. The van der Waals surface area contributed by atoms with Gasteiger partial charge < -0.3 is 5.11 Å². The van der Waals surface area contributed by atoms with Gasteiger partial charge in [-0.3, -0.25) is 9.55 Å². The summed E-state index contributed by atoms with van der Waals surface area (Å²) in [6, 6.07) is 35.1. The van der Waals surface area contributed by atoms with Gasteiger partial charge in [0, 0.05) is 48.2 Å². The van der Waals surface area contributed by atoms with Gasteiger partial charge >= 0.3 is 0 Å². The number of aromatic hydroxyl groups is 1. The quantitative estimate of drug-likeness (QED) is 0.169. The van der Waals surface area contributed by atoms with Crippen LogP contribution in [0.25, 0.3) is 72.7 Å². The number of phenols is 1. The minimum atomic E-state index is -2.83. The van der Waals surface area contributed by atoms with Gasteiger partial charge in [0.25, 0.3) is 0 Å². The molecule has 0 saturated heterocycles. The molecule has 0 amide bonds. The molecule has 354 valence electrons. The Morgan fingerprint density at radius 3 is 1.74 bits per heavy atom. The van der Waals surface area contributed by atoms with Crippen LogP contribution in [0.1, 0.15) is 147 Å². The molecule has 1 N–H and O–H groups in total. The number of pyridine rings is 1. The molecular weight excluding hydrogens is 1010 g/mol. The van der Waals surface area contributed by atoms with Crippen molar-refractivity contribution in [1.29, 1.82) is 0 Å². The molecule has 5 heteroatoms. The molecule has 68 heavy (non-hydrogen) atoms. The number of hydrogen-bond acceptors (Lipinski definition) is 3. The van der Waals surface area contributed by atoms with E-state index in [0.29, 0.717) is 33.7 Å². The molecule has 8 rings (SSSR count). The second-order valence-electron chi connectivity index (χ2n) is 23.3. The molecule has 0 bridgehead atoms. The molecule has 0 spiro atoms. The van der Waals surface area contributed by atoms with Crippen molar-refractivity contribution < 1.29 is 35.8 Å². The van der Waals surface area contributed by atoms with Crippen LogP contribution < -0.4 is 0 Å². The normalized spacial score (nSPS) is 14.3. The van der Waals surface area contributed by atoms with Crippen LogP contribution in [0.2, 0.25) is 0 Å². The van der Waals surface area contributed by atoms with E-state index in [9.17, 15) is 5.11 Å². The Bertz CT molecular complexity index is 3470. The van der Waals surface area contributed by atoms with Gasteiger partial charge in [-0.2, -0.15) is 0 Å². The van der Waals surface area contributed by atoms with Gasteiger partial charge in [0.05, 0.1) is 27.8 Å². The summed E-state index contributed by atoms with van der Waals surface area (Å²) in [6.07, 6.45) is 1.56. The molecule has 0 aliphatic rings. The van der Waals surface area contributed by atoms with Gasteiger partial charge in [0.15, 0.2) is 0 Å². The summed E-state index contributed by atoms with van der Waals surface area (Å²) in [5, 5.41) is 12.7. The predicted molar refractivity (Wildman–Crippen MR) is 285 cm³/mol. The second kappa shape index (κ2) is 18.1. The van der Waals surface area contributed by atoms with Crippen LogP contribution in [0.15, 0.2) is 127 Å². The second-order valence-corrected chi connectivity index (χ2v) is 23.3. The van der Waals surface area contributed by atoms with Crippen molar-refractivity contribution in [2.24, 2.45) is 0 Å². The SMILES string of the molecule is [2H]c1c([2H])c(C([2H])([2H])[2H])c([2H])c([2H])c1-c1ccnc(-c2[c-]c(-c3cccc4c3nc(-c3cc(C(C)(C)C)cc(C(C)(C)C)c3O)n4-c3ccc(C(C)(C)C)cc3-c3ccc(C(C)(C)C)cc3)cc(C(C)(C)C)c2)c1.[Pt]. The Morgan fingerprint density at radius 1 is 0.544 bits per heavy atom. The summed E-state index contributed by atoms with van der Waals surface area (Å²) >= 11 is 0. The maximum atomic E-state index is 12.7. The summed E-state index contributed by atoms with van der Waals surface area (Å²) in [4.78, 5) is 10.4. The Labute approximate surface area is 431 Å². The molecule has 2 aromatic heterocycles. The molecule has 0 atom stereocenters. The number of aromatic nitrogens is 3. The minimum absolute atomic E-state index is 0. The van der Waals surface area contributed by atoms with Crippen LogP contribution in [0.4, 0.5) is 0 Å². The van der Waals surface area contributed by atoms with Crippen LogP contribution in [0.3, 0.4) is 0 Å². The van der Waals surface area contributed by atoms with Gasteiger partial charge in [0.2, 0.25) is 0 Å². The van der Waals surface area contributed by atoms with Gasteiger partial charge in [-0.1, -0.05) is 199 Å². The third-order valence-corrected chi connectivity index (χ3v) is 12.9. The van der Waals surface area contributed by atoms with E-state index in [1.165, 1.54) is 11.1 Å². The smallest absolute Gasteiger partial charge is 0.148 e. The first-order valence-corrected chi connectivity index (χ1v) is 23.4. The van der Waals surface area contributed by atoms with Gasteiger partial charge in [0.1, 0.15) is 11.6 Å². The Morgan fingerprint density at radius 2 is 1.13 bits per heavy atom. The summed E-state index contributed by atoms with van der Waals surface area (Å²) in [5.74, 6) is 0.763. The molecule has 0 saturated carbocycles. The summed E-state index contributed by atoms with van der Waals surface area (Å²) < 4.78 is 61.0. The number of benzene rings is 6. The standard InChI is InChI=1S/C63H70N3O.Pt/c1-39-20-22-40(23-21-39)42-30-31-64-53(35-42)44-32-43(33-47(34-44)61(8,9)10)49-18-17-19-55-56(49)65-58(51-37-48(62(11,12)13)38-52(57(51)67)63(14,15)16)66(55)54-29-28-46(60(5,6)7)36-50(54)41-24-26-45(27-25-41)59(2,3)4;/h17-31,33-38,67H,1-16H3;/q-1;/i1D3,20D,21D,22D,23D;. The van der Waals surface area contributed by atoms with Gasteiger partial charge in [-0.05, 0) is 97.6 Å². The molecular formula is C63H70N3OPt-. The molecule has 0 aliphatic carbocycles. The Hall–Kier alpha value is -5.57. The van der Waals surface area contributed by atoms with Crippen LogP contribution in [0, 0.1) is 12.9 Å². The zero-order valence-corrected chi connectivity index (χ0v) is 44.7. The van der Waals surface area contributed by atoms with Crippen LogP contribution in [0.5, 0.6) is 5.75 Å².